The lowest BCUT2D eigenvalue weighted by Crippen LogP contribution is -2.50. The molecular formula is C17H23ClN4O3S. The van der Waals surface area contributed by atoms with E-state index < -0.39 is 16.1 Å². The largest absolute Gasteiger partial charge is 0.373 e. The first-order chi connectivity index (χ1) is 12.3. The van der Waals surface area contributed by atoms with Crippen LogP contribution >= 0.6 is 11.6 Å². The van der Waals surface area contributed by atoms with E-state index in [1.54, 1.807) is 29.1 Å². The van der Waals surface area contributed by atoms with Gasteiger partial charge in [0.05, 0.1) is 29.8 Å². The first kappa shape index (κ1) is 19.3. The van der Waals surface area contributed by atoms with Gasteiger partial charge in [-0.3, -0.25) is 4.68 Å². The van der Waals surface area contributed by atoms with Crippen LogP contribution in [0, 0.1) is 0 Å². The Labute approximate surface area is 159 Å². The van der Waals surface area contributed by atoms with Crippen molar-refractivity contribution in [3.8, 4) is 0 Å². The zero-order valence-electron chi connectivity index (χ0n) is 15.0. The van der Waals surface area contributed by atoms with Gasteiger partial charge < -0.3 is 9.64 Å². The topological polar surface area (TPSA) is 67.7 Å². The summed E-state index contributed by atoms with van der Waals surface area (Å²) in [6, 6.07) is 5.90. The predicted octanol–water partition coefficient (Wildman–Crippen LogP) is 1.77. The minimum atomic E-state index is -3.73. The molecule has 0 radical (unpaired) electrons. The summed E-state index contributed by atoms with van der Waals surface area (Å²) >= 11 is 6.02. The van der Waals surface area contributed by atoms with Crippen LogP contribution in [-0.4, -0.2) is 67.3 Å². The number of rotatable bonds is 5. The number of benzene rings is 1. The number of morpholine rings is 1. The molecule has 1 aromatic carbocycles. The first-order valence-corrected chi connectivity index (χ1v) is 10.1. The molecule has 1 aliphatic heterocycles. The molecule has 0 N–H and O–H groups in total. The predicted molar refractivity (Wildman–Crippen MR) is 99.6 cm³/mol. The van der Waals surface area contributed by atoms with E-state index in [1.165, 1.54) is 10.4 Å². The molecule has 1 aliphatic rings. The number of nitrogens with zero attached hydrogens (tertiary/aromatic N) is 4. The molecule has 9 heteroatoms. The lowest BCUT2D eigenvalue weighted by molar-refractivity contribution is -0.0514. The summed E-state index contributed by atoms with van der Waals surface area (Å²) in [5, 5.41) is 4.60. The summed E-state index contributed by atoms with van der Waals surface area (Å²) < 4.78 is 35.8. The van der Waals surface area contributed by atoms with Crippen LogP contribution in [0.4, 0.5) is 0 Å². The fourth-order valence-corrected chi connectivity index (χ4v) is 5.15. The van der Waals surface area contributed by atoms with Crippen LogP contribution in [0.1, 0.15) is 11.6 Å². The van der Waals surface area contributed by atoms with Crippen LogP contribution in [0.25, 0.3) is 0 Å². The highest BCUT2D eigenvalue weighted by molar-refractivity contribution is 7.89. The average molecular weight is 399 g/mol. The number of sulfonamides is 1. The van der Waals surface area contributed by atoms with E-state index in [1.807, 2.05) is 32.2 Å². The Kier molecular flexibility index (Phi) is 5.69. The number of aryl methyl sites for hydroxylation is 1. The zero-order chi connectivity index (χ0) is 18.9. The van der Waals surface area contributed by atoms with Gasteiger partial charge in [0.1, 0.15) is 0 Å². The van der Waals surface area contributed by atoms with Crippen molar-refractivity contribution in [2.75, 3.05) is 33.8 Å². The highest BCUT2D eigenvalue weighted by atomic mass is 35.5. The lowest BCUT2D eigenvalue weighted by Gasteiger charge is -2.40. The van der Waals surface area contributed by atoms with Crippen molar-refractivity contribution in [3.63, 3.8) is 0 Å². The molecule has 0 amide bonds. The second-order valence-electron chi connectivity index (χ2n) is 6.64. The molecule has 1 aromatic heterocycles. The van der Waals surface area contributed by atoms with Gasteiger partial charge in [-0.05, 0) is 32.3 Å². The van der Waals surface area contributed by atoms with Gasteiger partial charge in [-0.25, -0.2) is 8.42 Å². The van der Waals surface area contributed by atoms with Crippen molar-refractivity contribution >= 4 is 21.6 Å². The molecule has 0 spiro atoms. The molecule has 1 fully saturated rings. The molecule has 2 atom stereocenters. The Morgan fingerprint density at radius 1 is 1.38 bits per heavy atom. The fraction of sp³-hybridized carbons (Fsp3) is 0.471. The molecule has 0 saturated carbocycles. The third-order valence-electron chi connectivity index (χ3n) is 4.32. The molecule has 2 aromatic rings. The van der Waals surface area contributed by atoms with Gasteiger partial charge in [-0.1, -0.05) is 17.7 Å². The summed E-state index contributed by atoms with van der Waals surface area (Å²) in [5.74, 6) is 0. The maximum absolute atomic E-state index is 13.3. The SMILES string of the molecule is CN(C)C[C@@H]1OCCN(S(=O)(=O)c2cccc(Cl)c2)[C@H]1c1cnn(C)c1. The number of ether oxygens (including phenoxy) is 1. The summed E-state index contributed by atoms with van der Waals surface area (Å²) in [6.45, 7) is 1.22. The molecule has 2 heterocycles. The summed E-state index contributed by atoms with van der Waals surface area (Å²) in [7, 11) is 1.96. The number of hydrogen-bond donors (Lipinski definition) is 0. The van der Waals surface area contributed by atoms with Crippen LogP contribution in [0.5, 0.6) is 0 Å². The third-order valence-corrected chi connectivity index (χ3v) is 6.43. The van der Waals surface area contributed by atoms with Gasteiger partial charge in [0.25, 0.3) is 0 Å². The molecule has 26 heavy (non-hydrogen) atoms. The lowest BCUT2D eigenvalue weighted by atomic mass is 10.0. The smallest absolute Gasteiger partial charge is 0.243 e. The van der Waals surface area contributed by atoms with Gasteiger partial charge in [-0.15, -0.1) is 0 Å². The highest BCUT2D eigenvalue weighted by Crippen LogP contribution is 2.34. The zero-order valence-corrected chi connectivity index (χ0v) is 16.6. The average Bonchev–Trinajstić information content (AvgIpc) is 3.00. The molecule has 0 unspecified atom stereocenters. The molecular weight excluding hydrogens is 376 g/mol. The molecule has 0 bridgehead atoms. The van der Waals surface area contributed by atoms with E-state index in [9.17, 15) is 8.42 Å². The van der Waals surface area contributed by atoms with Gasteiger partial charge in [0, 0.05) is 36.9 Å². The van der Waals surface area contributed by atoms with Crippen LogP contribution in [0.3, 0.4) is 0 Å². The van der Waals surface area contributed by atoms with Crippen molar-refractivity contribution in [3.05, 3.63) is 47.2 Å². The maximum Gasteiger partial charge on any atom is 0.243 e. The number of likely N-dealkylation sites (N-methyl/N-ethyl adjacent to an activating group) is 1. The van der Waals surface area contributed by atoms with Crippen LogP contribution in [-0.2, 0) is 21.8 Å². The van der Waals surface area contributed by atoms with Crippen molar-refractivity contribution in [1.29, 1.82) is 0 Å². The standard InChI is InChI=1S/C17H23ClN4O3S/c1-20(2)12-16-17(13-10-19-21(3)11-13)22(7-8-25-16)26(23,24)15-6-4-5-14(18)9-15/h4-6,9-11,16-17H,7-8,12H2,1-3H3/t16-,17-/m0/s1. The van der Waals surface area contributed by atoms with E-state index in [0.717, 1.165) is 5.56 Å². The van der Waals surface area contributed by atoms with Crippen molar-refractivity contribution < 1.29 is 13.2 Å². The van der Waals surface area contributed by atoms with E-state index in [-0.39, 0.29) is 17.5 Å². The highest BCUT2D eigenvalue weighted by Gasteiger charge is 2.41. The van der Waals surface area contributed by atoms with E-state index in [0.29, 0.717) is 18.2 Å². The molecule has 3 rings (SSSR count). The van der Waals surface area contributed by atoms with Gasteiger partial charge in [0.15, 0.2) is 0 Å². The van der Waals surface area contributed by atoms with Crippen LogP contribution in [0.2, 0.25) is 5.02 Å². The molecule has 7 nitrogen and oxygen atoms in total. The second kappa shape index (κ2) is 7.66. The number of hydrogen-bond acceptors (Lipinski definition) is 5. The number of halogens is 1. The monoisotopic (exact) mass is 398 g/mol. The summed E-state index contributed by atoms with van der Waals surface area (Å²) in [4.78, 5) is 2.17. The summed E-state index contributed by atoms with van der Waals surface area (Å²) in [6.07, 6.45) is 3.24. The quantitative estimate of drug-likeness (QED) is 0.767. The third kappa shape index (κ3) is 3.94. The second-order valence-corrected chi connectivity index (χ2v) is 8.96. The van der Waals surface area contributed by atoms with Crippen molar-refractivity contribution in [2.45, 2.75) is 17.0 Å². The Hall–Kier alpha value is -1.45. The Balaban J connectivity index is 2.04. The van der Waals surface area contributed by atoms with Crippen molar-refractivity contribution in [2.24, 2.45) is 7.05 Å². The van der Waals surface area contributed by atoms with Gasteiger partial charge in [-0.2, -0.15) is 9.40 Å². The Morgan fingerprint density at radius 2 is 2.15 bits per heavy atom. The minimum Gasteiger partial charge on any atom is -0.373 e. The maximum atomic E-state index is 13.3. The first-order valence-electron chi connectivity index (χ1n) is 8.31. The fourth-order valence-electron chi connectivity index (χ4n) is 3.23. The van der Waals surface area contributed by atoms with Crippen molar-refractivity contribution in [1.82, 2.24) is 19.0 Å². The van der Waals surface area contributed by atoms with E-state index >= 15 is 0 Å². The van der Waals surface area contributed by atoms with Gasteiger partial charge >= 0.3 is 0 Å². The Bertz CT molecular complexity index is 868. The normalized spacial score (nSPS) is 22.0. The molecule has 142 valence electrons. The van der Waals surface area contributed by atoms with E-state index in [2.05, 4.69) is 5.10 Å². The minimum absolute atomic E-state index is 0.185. The van der Waals surface area contributed by atoms with Crippen LogP contribution in [0.15, 0.2) is 41.6 Å². The molecule has 0 aliphatic carbocycles. The Morgan fingerprint density at radius 3 is 2.77 bits per heavy atom. The van der Waals surface area contributed by atoms with E-state index in [4.69, 9.17) is 16.3 Å². The number of aromatic nitrogens is 2. The summed E-state index contributed by atoms with van der Waals surface area (Å²) in [5.41, 5.74) is 0.810. The van der Waals surface area contributed by atoms with Crippen LogP contribution < -0.4 is 0 Å². The molecule has 1 saturated heterocycles. The van der Waals surface area contributed by atoms with Gasteiger partial charge in [0.2, 0.25) is 10.0 Å².